The van der Waals surface area contributed by atoms with E-state index in [9.17, 15) is 0 Å². The highest BCUT2D eigenvalue weighted by Crippen LogP contribution is 2.51. The molecule has 0 aromatic heterocycles. The van der Waals surface area contributed by atoms with E-state index in [-0.39, 0.29) is 0 Å². The minimum Gasteiger partial charge on any atom is -0.455 e. The first-order chi connectivity index (χ1) is 18.3. The van der Waals surface area contributed by atoms with Crippen molar-refractivity contribution in [2.75, 3.05) is 0 Å². The molecule has 0 atom stereocenters. The number of benzene rings is 8. The molecule has 0 aliphatic carbocycles. The summed E-state index contributed by atoms with van der Waals surface area (Å²) in [6.07, 6.45) is 0. The molecule has 9 rings (SSSR count). The number of ether oxygens (including phenoxy) is 1. The van der Waals surface area contributed by atoms with Crippen molar-refractivity contribution in [3.05, 3.63) is 121 Å². The Balaban J connectivity index is 1.37. The SMILES string of the molecule is c1ccc2c3c(ccc2c1)-c1cccc2c(-c4ccc5ccc6cccc7ccc4c5c67)ccc(c12)O3. The van der Waals surface area contributed by atoms with Crippen LogP contribution in [0.25, 0.3) is 76.1 Å². The van der Waals surface area contributed by atoms with E-state index in [1.807, 2.05) is 0 Å². The van der Waals surface area contributed by atoms with Gasteiger partial charge in [-0.05, 0) is 71.9 Å². The van der Waals surface area contributed by atoms with Gasteiger partial charge in [0.15, 0.2) is 0 Å². The van der Waals surface area contributed by atoms with Crippen molar-refractivity contribution in [2.45, 2.75) is 0 Å². The molecule has 8 aromatic carbocycles. The molecule has 1 heterocycles. The van der Waals surface area contributed by atoms with Gasteiger partial charge in [0.05, 0.1) is 0 Å². The Bertz CT molecular complexity index is 2200. The van der Waals surface area contributed by atoms with Gasteiger partial charge >= 0.3 is 0 Å². The van der Waals surface area contributed by atoms with Crippen LogP contribution < -0.4 is 4.74 Å². The molecule has 8 aromatic rings. The predicted molar refractivity (Wildman–Crippen MR) is 156 cm³/mol. The van der Waals surface area contributed by atoms with E-state index in [4.69, 9.17) is 4.74 Å². The largest absolute Gasteiger partial charge is 0.455 e. The van der Waals surface area contributed by atoms with Gasteiger partial charge in [0, 0.05) is 16.3 Å². The summed E-state index contributed by atoms with van der Waals surface area (Å²) in [6.45, 7) is 0. The smallest absolute Gasteiger partial charge is 0.143 e. The fourth-order valence-electron chi connectivity index (χ4n) is 6.56. The van der Waals surface area contributed by atoms with Crippen LogP contribution in [-0.4, -0.2) is 0 Å². The van der Waals surface area contributed by atoms with Crippen molar-refractivity contribution >= 4 is 53.9 Å². The van der Waals surface area contributed by atoms with Crippen LogP contribution in [0.15, 0.2) is 121 Å². The van der Waals surface area contributed by atoms with Crippen LogP contribution in [0.3, 0.4) is 0 Å². The molecule has 0 saturated heterocycles. The van der Waals surface area contributed by atoms with Gasteiger partial charge in [-0.1, -0.05) is 109 Å². The number of hydrogen-bond acceptors (Lipinski definition) is 1. The summed E-state index contributed by atoms with van der Waals surface area (Å²) in [7, 11) is 0. The van der Waals surface area contributed by atoms with E-state index in [0.29, 0.717) is 0 Å². The molecule has 0 fully saturated rings. The van der Waals surface area contributed by atoms with Crippen molar-refractivity contribution in [1.29, 1.82) is 0 Å². The van der Waals surface area contributed by atoms with E-state index < -0.39 is 0 Å². The fourth-order valence-corrected chi connectivity index (χ4v) is 6.56. The molecular weight excluding hydrogens is 448 g/mol. The van der Waals surface area contributed by atoms with Gasteiger partial charge in [-0.3, -0.25) is 0 Å². The van der Waals surface area contributed by atoms with Crippen molar-refractivity contribution < 1.29 is 4.74 Å². The first-order valence-corrected chi connectivity index (χ1v) is 12.8. The Hall–Kier alpha value is -4.88. The summed E-state index contributed by atoms with van der Waals surface area (Å²) >= 11 is 0. The Kier molecular flexibility index (Phi) is 3.59. The Morgan fingerprint density at radius 3 is 1.81 bits per heavy atom. The molecule has 0 unspecified atom stereocenters. The van der Waals surface area contributed by atoms with Crippen LogP contribution in [0.5, 0.6) is 11.5 Å². The van der Waals surface area contributed by atoms with Gasteiger partial charge in [-0.15, -0.1) is 0 Å². The zero-order valence-electron chi connectivity index (χ0n) is 20.0. The van der Waals surface area contributed by atoms with Gasteiger partial charge < -0.3 is 4.74 Å². The minimum absolute atomic E-state index is 0.927. The van der Waals surface area contributed by atoms with Gasteiger partial charge in [0.2, 0.25) is 0 Å². The van der Waals surface area contributed by atoms with Crippen LogP contribution in [0, 0.1) is 0 Å². The molecule has 1 nitrogen and oxygen atoms in total. The van der Waals surface area contributed by atoms with Crippen molar-refractivity contribution in [1.82, 2.24) is 0 Å². The van der Waals surface area contributed by atoms with Gasteiger partial charge in [-0.25, -0.2) is 0 Å². The summed E-state index contributed by atoms with van der Waals surface area (Å²) in [5, 5.41) is 12.6. The zero-order chi connectivity index (χ0) is 24.1. The van der Waals surface area contributed by atoms with E-state index >= 15 is 0 Å². The third-order valence-corrected chi connectivity index (χ3v) is 8.20. The Labute approximate surface area is 213 Å². The molecule has 1 aliphatic heterocycles. The fraction of sp³-hybridized carbons (Fsp3) is 0. The predicted octanol–water partition coefficient (Wildman–Crippen LogP) is 10.3. The standard InChI is InChI=1S/C36H20O/c1-2-8-25-21(5-1)13-18-31-29-10-4-9-28-27(19-20-32(35(28)29)37-36(25)31)26-16-14-24-12-11-22-6-3-7-23-15-17-30(26)34(24)33(22)23/h1-20H. The topological polar surface area (TPSA) is 9.23 Å². The monoisotopic (exact) mass is 468 g/mol. The molecule has 1 heteroatoms. The molecule has 0 spiro atoms. The van der Waals surface area contributed by atoms with Gasteiger partial charge in [0.25, 0.3) is 0 Å². The van der Waals surface area contributed by atoms with Gasteiger partial charge in [0.1, 0.15) is 11.5 Å². The van der Waals surface area contributed by atoms with E-state index in [2.05, 4.69) is 121 Å². The second-order valence-electron chi connectivity index (χ2n) is 10.1. The second kappa shape index (κ2) is 6.87. The maximum Gasteiger partial charge on any atom is 0.143 e. The summed E-state index contributed by atoms with van der Waals surface area (Å²) in [6, 6.07) is 44.1. The van der Waals surface area contributed by atoms with E-state index in [0.717, 1.165) is 22.4 Å². The molecule has 0 bridgehead atoms. The Morgan fingerprint density at radius 1 is 0.324 bits per heavy atom. The molecule has 0 radical (unpaired) electrons. The Morgan fingerprint density at radius 2 is 0.919 bits per heavy atom. The third-order valence-electron chi connectivity index (χ3n) is 8.20. The molecular formula is C36H20O. The quantitative estimate of drug-likeness (QED) is 0.218. The lowest BCUT2D eigenvalue weighted by atomic mass is 9.86. The maximum atomic E-state index is 6.63. The first-order valence-electron chi connectivity index (χ1n) is 12.8. The highest BCUT2D eigenvalue weighted by molar-refractivity contribution is 6.26. The third kappa shape index (κ3) is 2.48. The molecule has 1 aliphatic rings. The highest BCUT2D eigenvalue weighted by atomic mass is 16.5. The molecule has 170 valence electrons. The lowest BCUT2D eigenvalue weighted by Gasteiger charge is -2.24. The van der Waals surface area contributed by atoms with Crippen molar-refractivity contribution in [3.63, 3.8) is 0 Å². The van der Waals surface area contributed by atoms with Crippen LogP contribution in [-0.2, 0) is 0 Å². The van der Waals surface area contributed by atoms with Crippen LogP contribution in [0.2, 0.25) is 0 Å². The summed E-state index contributed by atoms with van der Waals surface area (Å²) in [5.41, 5.74) is 4.90. The number of hydrogen-bond donors (Lipinski definition) is 0. The van der Waals surface area contributed by atoms with Crippen LogP contribution in [0.4, 0.5) is 0 Å². The maximum absolute atomic E-state index is 6.63. The average Bonchev–Trinajstić information content (AvgIpc) is 2.96. The minimum atomic E-state index is 0.927. The summed E-state index contributed by atoms with van der Waals surface area (Å²) in [4.78, 5) is 0. The van der Waals surface area contributed by atoms with Crippen molar-refractivity contribution in [3.8, 4) is 33.8 Å². The lowest BCUT2D eigenvalue weighted by molar-refractivity contribution is 0.493. The lowest BCUT2D eigenvalue weighted by Crippen LogP contribution is -1.99. The summed E-state index contributed by atoms with van der Waals surface area (Å²) < 4.78 is 6.63. The first kappa shape index (κ1) is 19.3. The highest BCUT2D eigenvalue weighted by Gasteiger charge is 2.24. The molecule has 0 N–H and O–H groups in total. The normalized spacial score (nSPS) is 12.5. The number of fused-ring (bicyclic) bond motifs is 4. The zero-order valence-corrected chi connectivity index (χ0v) is 20.0. The van der Waals surface area contributed by atoms with Gasteiger partial charge in [-0.2, -0.15) is 0 Å². The number of rotatable bonds is 1. The summed E-state index contributed by atoms with van der Waals surface area (Å²) in [5.74, 6) is 1.88. The second-order valence-corrected chi connectivity index (χ2v) is 10.1. The van der Waals surface area contributed by atoms with Crippen LogP contribution in [0.1, 0.15) is 0 Å². The average molecular weight is 469 g/mol. The van der Waals surface area contributed by atoms with Crippen LogP contribution >= 0.6 is 0 Å². The van der Waals surface area contributed by atoms with E-state index in [1.165, 1.54) is 65.2 Å². The molecule has 0 saturated carbocycles. The molecule has 0 amide bonds. The van der Waals surface area contributed by atoms with Crippen molar-refractivity contribution in [2.24, 2.45) is 0 Å². The van der Waals surface area contributed by atoms with E-state index in [1.54, 1.807) is 0 Å². The molecule has 37 heavy (non-hydrogen) atoms.